The van der Waals surface area contributed by atoms with E-state index in [4.69, 9.17) is 4.74 Å². The molecule has 1 unspecified atom stereocenters. The first-order valence-electron chi connectivity index (χ1n) is 6.99. The van der Waals surface area contributed by atoms with Crippen molar-refractivity contribution in [3.05, 3.63) is 29.8 Å². The van der Waals surface area contributed by atoms with E-state index in [2.05, 4.69) is 12.2 Å². The Morgan fingerprint density at radius 1 is 1.30 bits per heavy atom. The van der Waals surface area contributed by atoms with Crippen molar-refractivity contribution in [3.8, 4) is 5.75 Å². The number of carbonyl (C=O) groups is 1. The van der Waals surface area contributed by atoms with E-state index in [1.54, 1.807) is 0 Å². The van der Waals surface area contributed by atoms with Crippen molar-refractivity contribution in [2.24, 2.45) is 5.41 Å². The first-order chi connectivity index (χ1) is 9.32. The largest absolute Gasteiger partial charge is 0.484 e. The van der Waals surface area contributed by atoms with Crippen molar-refractivity contribution >= 4 is 5.91 Å². The van der Waals surface area contributed by atoms with Crippen LogP contribution in [0.15, 0.2) is 24.3 Å². The average Bonchev–Trinajstić information content (AvgIpc) is 2.41. The number of ether oxygens (including phenoxy) is 1. The van der Waals surface area contributed by atoms with Gasteiger partial charge in [0.1, 0.15) is 5.75 Å². The second-order valence-electron chi connectivity index (χ2n) is 5.97. The van der Waals surface area contributed by atoms with Gasteiger partial charge in [-0.1, -0.05) is 39.8 Å². The summed E-state index contributed by atoms with van der Waals surface area (Å²) in [5.41, 5.74) is 0.986. The van der Waals surface area contributed by atoms with Crippen LogP contribution >= 0.6 is 0 Å². The van der Waals surface area contributed by atoms with Gasteiger partial charge in [0.2, 0.25) is 0 Å². The van der Waals surface area contributed by atoms with Gasteiger partial charge < -0.3 is 15.2 Å². The molecule has 0 bridgehead atoms. The van der Waals surface area contributed by atoms with E-state index in [-0.39, 0.29) is 24.5 Å². The van der Waals surface area contributed by atoms with Crippen molar-refractivity contribution < 1.29 is 14.6 Å². The van der Waals surface area contributed by atoms with E-state index in [0.29, 0.717) is 5.75 Å². The zero-order valence-corrected chi connectivity index (χ0v) is 12.8. The number of rotatable bonds is 6. The molecule has 0 spiro atoms. The number of aliphatic hydroxyl groups excluding tert-OH is 1. The van der Waals surface area contributed by atoms with Crippen LogP contribution in [0.4, 0.5) is 0 Å². The van der Waals surface area contributed by atoms with E-state index in [1.165, 1.54) is 5.56 Å². The molecule has 0 saturated heterocycles. The summed E-state index contributed by atoms with van der Waals surface area (Å²) in [5.74, 6) is 0.446. The lowest BCUT2D eigenvalue weighted by Crippen LogP contribution is -2.40. The fourth-order valence-corrected chi connectivity index (χ4v) is 1.54. The van der Waals surface area contributed by atoms with Gasteiger partial charge in [0.25, 0.3) is 5.91 Å². The Kier molecular flexibility index (Phi) is 6.02. The van der Waals surface area contributed by atoms with E-state index in [9.17, 15) is 9.90 Å². The van der Waals surface area contributed by atoms with Gasteiger partial charge in [-0.15, -0.1) is 0 Å². The summed E-state index contributed by atoms with van der Waals surface area (Å²) in [5, 5.41) is 12.5. The van der Waals surface area contributed by atoms with Crippen LogP contribution in [0.25, 0.3) is 0 Å². The normalized spacial score (nSPS) is 12.8. The average molecular weight is 279 g/mol. The Bertz CT molecular complexity index is 420. The molecule has 4 nitrogen and oxygen atoms in total. The molecule has 1 atom stereocenters. The van der Waals surface area contributed by atoms with Gasteiger partial charge >= 0.3 is 0 Å². The van der Waals surface area contributed by atoms with Crippen LogP contribution in [-0.2, 0) is 11.2 Å². The smallest absolute Gasteiger partial charge is 0.258 e. The summed E-state index contributed by atoms with van der Waals surface area (Å²) in [7, 11) is 0. The Hall–Kier alpha value is -1.55. The van der Waals surface area contributed by atoms with Crippen LogP contribution in [0.1, 0.15) is 33.3 Å². The number of nitrogens with one attached hydrogen (secondary N) is 1. The molecule has 0 aliphatic heterocycles. The number of amides is 1. The zero-order chi connectivity index (χ0) is 15.2. The van der Waals surface area contributed by atoms with Gasteiger partial charge in [-0.25, -0.2) is 0 Å². The highest BCUT2D eigenvalue weighted by Crippen LogP contribution is 2.18. The lowest BCUT2D eigenvalue weighted by molar-refractivity contribution is -0.123. The van der Waals surface area contributed by atoms with E-state index in [0.717, 1.165) is 6.42 Å². The van der Waals surface area contributed by atoms with E-state index < -0.39 is 6.10 Å². The Labute approximate surface area is 121 Å². The lowest BCUT2D eigenvalue weighted by atomic mass is 9.89. The highest BCUT2D eigenvalue weighted by atomic mass is 16.5. The second kappa shape index (κ2) is 7.29. The molecule has 0 aliphatic carbocycles. The molecule has 1 aromatic carbocycles. The molecule has 2 N–H and O–H groups in total. The molecule has 0 heterocycles. The van der Waals surface area contributed by atoms with Crippen molar-refractivity contribution in [3.63, 3.8) is 0 Å². The van der Waals surface area contributed by atoms with Gasteiger partial charge in [-0.2, -0.15) is 0 Å². The quantitative estimate of drug-likeness (QED) is 0.839. The van der Waals surface area contributed by atoms with Gasteiger partial charge in [0, 0.05) is 6.54 Å². The van der Waals surface area contributed by atoms with Crippen LogP contribution in [0.3, 0.4) is 0 Å². The monoisotopic (exact) mass is 279 g/mol. The van der Waals surface area contributed by atoms with Crippen LogP contribution in [-0.4, -0.2) is 30.3 Å². The van der Waals surface area contributed by atoms with E-state index in [1.807, 2.05) is 45.0 Å². The molecule has 1 amide bonds. The molecule has 0 radical (unpaired) electrons. The third-order valence-corrected chi connectivity index (χ3v) is 3.19. The number of aliphatic hydroxyl groups is 1. The second-order valence-corrected chi connectivity index (χ2v) is 5.97. The number of carbonyl (C=O) groups excluding carboxylic acids is 1. The highest BCUT2D eigenvalue weighted by Gasteiger charge is 2.22. The Balaban J connectivity index is 2.32. The third-order valence-electron chi connectivity index (χ3n) is 3.19. The van der Waals surface area contributed by atoms with Crippen LogP contribution in [0, 0.1) is 5.41 Å². The molecule has 4 heteroatoms. The summed E-state index contributed by atoms with van der Waals surface area (Å²) >= 11 is 0. The molecule has 20 heavy (non-hydrogen) atoms. The molecule has 0 aromatic heterocycles. The van der Waals surface area contributed by atoms with Crippen LogP contribution < -0.4 is 10.1 Å². The molecule has 0 saturated carbocycles. The predicted octanol–water partition coefficient (Wildman–Crippen LogP) is 2.15. The maximum absolute atomic E-state index is 11.6. The minimum atomic E-state index is -0.574. The van der Waals surface area contributed by atoms with Crippen molar-refractivity contribution in [1.82, 2.24) is 5.32 Å². The zero-order valence-electron chi connectivity index (χ0n) is 12.8. The summed E-state index contributed by atoms with van der Waals surface area (Å²) in [6.07, 6.45) is 0.404. The molecule has 1 aromatic rings. The maximum Gasteiger partial charge on any atom is 0.258 e. The Morgan fingerprint density at radius 2 is 1.90 bits per heavy atom. The SMILES string of the molecule is CCc1ccc(OCC(=O)NCC(O)C(C)(C)C)cc1. The molecule has 0 aliphatic rings. The van der Waals surface area contributed by atoms with Gasteiger partial charge in [-0.05, 0) is 29.5 Å². The summed E-state index contributed by atoms with van der Waals surface area (Å²) in [4.78, 5) is 11.6. The number of aryl methyl sites for hydroxylation is 1. The molecule has 1 rings (SSSR count). The van der Waals surface area contributed by atoms with Crippen molar-refractivity contribution in [1.29, 1.82) is 0 Å². The fraction of sp³-hybridized carbons (Fsp3) is 0.562. The minimum Gasteiger partial charge on any atom is -0.484 e. The topological polar surface area (TPSA) is 58.6 Å². The number of hydrogen-bond acceptors (Lipinski definition) is 3. The lowest BCUT2D eigenvalue weighted by Gasteiger charge is -2.25. The van der Waals surface area contributed by atoms with E-state index >= 15 is 0 Å². The van der Waals surface area contributed by atoms with Crippen molar-refractivity contribution in [2.45, 2.75) is 40.2 Å². The highest BCUT2D eigenvalue weighted by molar-refractivity contribution is 5.77. The first-order valence-corrected chi connectivity index (χ1v) is 6.99. The third kappa shape index (κ3) is 5.61. The summed E-state index contributed by atoms with van der Waals surface area (Å²) < 4.78 is 5.39. The van der Waals surface area contributed by atoms with Crippen LogP contribution in [0.5, 0.6) is 5.75 Å². The first kappa shape index (κ1) is 16.5. The standard InChI is InChI=1S/C16H25NO3/c1-5-12-6-8-13(9-7-12)20-11-15(19)17-10-14(18)16(2,3)4/h6-9,14,18H,5,10-11H2,1-4H3,(H,17,19). The molecular weight excluding hydrogens is 254 g/mol. The fourth-order valence-electron chi connectivity index (χ4n) is 1.54. The molecule has 112 valence electrons. The van der Waals surface area contributed by atoms with Gasteiger partial charge in [0.05, 0.1) is 6.10 Å². The van der Waals surface area contributed by atoms with Crippen molar-refractivity contribution in [2.75, 3.05) is 13.2 Å². The molecule has 0 fully saturated rings. The number of hydrogen-bond donors (Lipinski definition) is 2. The minimum absolute atomic E-state index is 0.0394. The summed E-state index contributed by atoms with van der Waals surface area (Å²) in [6, 6.07) is 7.68. The van der Waals surface area contributed by atoms with Gasteiger partial charge in [-0.3, -0.25) is 4.79 Å². The number of benzene rings is 1. The van der Waals surface area contributed by atoms with Crippen LogP contribution in [0.2, 0.25) is 0 Å². The van der Waals surface area contributed by atoms with Gasteiger partial charge in [0.15, 0.2) is 6.61 Å². The predicted molar refractivity (Wildman–Crippen MR) is 79.8 cm³/mol. The Morgan fingerprint density at radius 3 is 2.40 bits per heavy atom. The molecular formula is C16H25NO3. The summed E-state index contributed by atoms with van der Waals surface area (Å²) in [6.45, 7) is 8.06. The maximum atomic E-state index is 11.6.